The van der Waals surface area contributed by atoms with E-state index in [2.05, 4.69) is 0 Å². The summed E-state index contributed by atoms with van der Waals surface area (Å²) in [6.45, 7) is 3.58. The number of carboxylic acid groups (broad SMARTS) is 1. The highest BCUT2D eigenvalue weighted by atomic mass is 19.1. The molecule has 3 nitrogen and oxygen atoms in total. The van der Waals surface area contributed by atoms with Crippen molar-refractivity contribution in [1.82, 2.24) is 0 Å². The molecule has 0 amide bonds. The summed E-state index contributed by atoms with van der Waals surface area (Å²) >= 11 is 0. The first-order valence-corrected chi connectivity index (χ1v) is 7.12. The minimum atomic E-state index is -1.18. The van der Waals surface area contributed by atoms with E-state index in [-0.39, 0.29) is 11.7 Å². The first-order valence-electron chi connectivity index (χ1n) is 7.12. The Balaban J connectivity index is 2.46. The molecule has 3 N–H and O–H groups in total. The summed E-state index contributed by atoms with van der Waals surface area (Å²) in [5.74, 6) is -0.882. The Hall–Kier alpha value is -1.42. The van der Waals surface area contributed by atoms with Crippen molar-refractivity contribution in [3.8, 4) is 0 Å². The van der Waals surface area contributed by atoms with Crippen molar-refractivity contribution < 1.29 is 14.3 Å². The minimum Gasteiger partial charge on any atom is -0.480 e. The average molecular weight is 281 g/mol. The Kier molecular flexibility index (Phi) is 6.14. The van der Waals surface area contributed by atoms with Gasteiger partial charge in [-0.3, -0.25) is 4.79 Å². The first kappa shape index (κ1) is 16.6. The zero-order valence-electron chi connectivity index (χ0n) is 12.2. The van der Waals surface area contributed by atoms with Gasteiger partial charge >= 0.3 is 5.97 Å². The molecule has 1 rings (SSSR count). The monoisotopic (exact) mass is 281 g/mol. The maximum absolute atomic E-state index is 13.5. The fourth-order valence-electron chi connectivity index (χ4n) is 2.42. The lowest BCUT2D eigenvalue weighted by molar-refractivity contribution is -0.143. The maximum atomic E-state index is 13.5. The average Bonchev–Trinajstić information content (AvgIpc) is 2.39. The third kappa shape index (κ3) is 4.93. The van der Waals surface area contributed by atoms with Crippen molar-refractivity contribution in [3.05, 3.63) is 35.6 Å². The van der Waals surface area contributed by atoms with E-state index in [4.69, 9.17) is 10.8 Å². The van der Waals surface area contributed by atoms with Gasteiger partial charge in [0.25, 0.3) is 0 Å². The molecule has 0 spiro atoms. The molecule has 0 aliphatic heterocycles. The standard InChI is InChI=1S/C16H24FNO2/c1-3-12(11-16(2,18)15(19)20)7-6-9-13-8-4-5-10-14(13)17/h4-5,8,10,12H,3,6-7,9,11,18H2,1-2H3,(H,19,20). The molecule has 0 aliphatic rings. The molecule has 2 unspecified atom stereocenters. The second kappa shape index (κ2) is 7.39. The number of aliphatic carboxylic acids is 1. The van der Waals surface area contributed by atoms with Crippen LogP contribution < -0.4 is 5.73 Å². The largest absolute Gasteiger partial charge is 0.480 e. The van der Waals surface area contributed by atoms with Gasteiger partial charge < -0.3 is 10.8 Å². The van der Waals surface area contributed by atoms with Gasteiger partial charge in [0.2, 0.25) is 0 Å². The van der Waals surface area contributed by atoms with Crippen molar-refractivity contribution in [2.24, 2.45) is 11.7 Å². The van der Waals surface area contributed by atoms with Gasteiger partial charge in [0.15, 0.2) is 0 Å². The molecule has 0 heterocycles. The summed E-state index contributed by atoms with van der Waals surface area (Å²) in [5.41, 5.74) is 5.32. The van der Waals surface area contributed by atoms with Gasteiger partial charge in [0.05, 0.1) is 0 Å². The van der Waals surface area contributed by atoms with Crippen LogP contribution in [0.4, 0.5) is 4.39 Å². The lowest BCUT2D eigenvalue weighted by Gasteiger charge is -2.25. The van der Waals surface area contributed by atoms with Crippen LogP contribution in [0.1, 0.15) is 45.1 Å². The molecule has 0 fully saturated rings. The number of hydrogen-bond acceptors (Lipinski definition) is 2. The van der Waals surface area contributed by atoms with Crippen LogP contribution in [-0.4, -0.2) is 16.6 Å². The lowest BCUT2D eigenvalue weighted by atomic mass is 9.85. The van der Waals surface area contributed by atoms with E-state index < -0.39 is 11.5 Å². The SMILES string of the molecule is CCC(CCCc1ccccc1F)CC(C)(N)C(=O)O. The summed E-state index contributed by atoms with van der Waals surface area (Å²) in [5, 5.41) is 9.05. The zero-order valence-corrected chi connectivity index (χ0v) is 12.2. The molecule has 4 heteroatoms. The summed E-state index contributed by atoms with van der Waals surface area (Å²) in [7, 11) is 0. The summed E-state index contributed by atoms with van der Waals surface area (Å²) in [6.07, 6.45) is 3.73. The van der Waals surface area contributed by atoms with Crippen LogP contribution in [-0.2, 0) is 11.2 Å². The van der Waals surface area contributed by atoms with Gasteiger partial charge in [-0.1, -0.05) is 38.0 Å². The molecule has 0 radical (unpaired) electrons. The molecule has 0 bridgehead atoms. The van der Waals surface area contributed by atoms with E-state index in [0.29, 0.717) is 12.8 Å². The predicted molar refractivity (Wildman–Crippen MR) is 78.0 cm³/mol. The number of carboxylic acids is 1. The molecule has 20 heavy (non-hydrogen) atoms. The molecular formula is C16H24FNO2. The van der Waals surface area contributed by atoms with Gasteiger partial charge in [-0.25, -0.2) is 4.39 Å². The molecule has 1 aromatic rings. The van der Waals surface area contributed by atoms with Crippen molar-refractivity contribution in [3.63, 3.8) is 0 Å². The van der Waals surface area contributed by atoms with Crippen molar-refractivity contribution in [1.29, 1.82) is 0 Å². The van der Waals surface area contributed by atoms with Gasteiger partial charge in [0, 0.05) is 0 Å². The van der Waals surface area contributed by atoms with Crippen LogP contribution in [0, 0.1) is 11.7 Å². The lowest BCUT2D eigenvalue weighted by Crippen LogP contribution is -2.46. The Labute approximate surface area is 120 Å². The van der Waals surface area contributed by atoms with Crippen LogP contribution in [0.15, 0.2) is 24.3 Å². The fraction of sp³-hybridized carbons (Fsp3) is 0.562. The number of rotatable bonds is 8. The molecule has 112 valence electrons. The highest BCUT2D eigenvalue weighted by Crippen LogP contribution is 2.23. The Morgan fingerprint density at radius 3 is 2.65 bits per heavy atom. The van der Waals surface area contributed by atoms with Crippen LogP contribution in [0.25, 0.3) is 0 Å². The Morgan fingerprint density at radius 1 is 1.45 bits per heavy atom. The molecule has 0 saturated heterocycles. The van der Waals surface area contributed by atoms with E-state index in [0.717, 1.165) is 24.8 Å². The molecular weight excluding hydrogens is 257 g/mol. The highest BCUT2D eigenvalue weighted by Gasteiger charge is 2.30. The third-order valence-corrected chi connectivity index (χ3v) is 3.79. The number of benzene rings is 1. The normalized spacial score (nSPS) is 15.6. The number of nitrogens with two attached hydrogens (primary N) is 1. The smallest absolute Gasteiger partial charge is 0.323 e. The minimum absolute atomic E-state index is 0.172. The second-order valence-electron chi connectivity index (χ2n) is 5.68. The predicted octanol–water partition coefficient (Wildman–Crippen LogP) is 3.37. The van der Waals surface area contributed by atoms with Crippen LogP contribution in [0.2, 0.25) is 0 Å². The zero-order chi connectivity index (χ0) is 15.2. The van der Waals surface area contributed by atoms with Crippen LogP contribution >= 0.6 is 0 Å². The number of halogens is 1. The van der Waals surface area contributed by atoms with E-state index in [9.17, 15) is 9.18 Å². The molecule has 0 saturated carbocycles. The molecule has 2 atom stereocenters. The first-order chi connectivity index (χ1) is 9.36. The van der Waals surface area contributed by atoms with Gasteiger partial charge in [-0.05, 0) is 43.7 Å². The third-order valence-electron chi connectivity index (χ3n) is 3.79. The van der Waals surface area contributed by atoms with Crippen molar-refractivity contribution >= 4 is 5.97 Å². The Morgan fingerprint density at radius 2 is 2.10 bits per heavy atom. The highest BCUT2D eigenvalue weighted by molar-refractivity contribution is 5.77. The second-order valence-corrected chi connectivity index (χ2v) is 5.68. The summed E-state index contributed by atoms with van der Waals surface area (Å²) < 4.78 is 13.5. The topological polar surface area (TPSA) is 63.3 Å². The van der Waals surface area contributed by atoms with E-state index >= 15 is 0 Å². The van der Waals surface area contributed by atoms with Gasteiger partial charge in [0.1, 0.15) is 11.4 Å². The molecule has 1 aromatic carbocycles. The van der Waals surface area contributed by atoms with Crippen LogP contribution in [0.5, 0.6) is 0 Å². The Bertz CT molecular complexity index is 446. The number of carbonyl (C=O) groups is 1. The molecule has 0 aromatic heterocycles. The van der Waals surface area contributed by atoms with E-state index in [1.165, 1.54) is 6.07 Å². The fourth-order valence-corrected chi connectivity index (χ4v) is 2.42. The van der Waals surface area contributed by atoms with E-state index in [1.807, 2.05) is 13.0 Å². The number of hydrogen-bond donors (Lipinski definition) is 2. The molecule has 0 aliphatic carbocycles. The van der Waals surface area contributed by atoms with Crippen molar-refractivity contribution in [2.45, 2.75) is 51.5 Å². The summed E-state index contributed by atoms with van der Waals surface area (Å²) in [4.78, 5) is 11.0. The quantitative estimate of drug-likeness (QED) is 0.768. The van der Waals surface area contributed by atoms with Crippen molar-refractivity contribution in [2.75, 3.05) is 0 Å². The number of aryl methyl sites for hydroxylation is 1. The van der Waals surface area contributed by atoms with Gasteiger partial charge in [-0.15, -0.1) is 0 Å². The van der Waals surface area contributed by atoms with Gasteiger partial charge in [-0.2, -0.15) is 0 Å². The van der Waals surface area contributed by atoms with Crippen LogP contribution in [0.3, 0.4) is 0 Å². The van der Waals surface area contributed by atoms with E-state index in [1.54, 1.807) is 19.1 Å². The maximum Gasteiger partial charge on any atom is 0.323 e. The summed E-state index contributed by atoms with van der Waals surface area (Å²) in [6, 6.07) is 6.77.